The first-order chi connectivity index (χ1) is 9.13. The van der Waals surface area contributed by atoms with Crippen molar-refractivity contribution >= 4 is 11.6 Å². The molecule has 1 aliphatic carbocycles. The van der Waals surface area contributed by atoms with Crippen molar-refractivity contribution in [3.8, 4) is 0 Å². The van der Waals surface area contributed by atoms with E-state index in [0.29, 0.717) is 0 Å². The van der Waals surface area contributed by atoms with Crippen molar-refractivity contribution < 1.29 is 4.79 Å². The molecule has 0 heterocycles. The summed E-state index contributed by atoms with van der Waals surface area (Å²) in [6, 6.07) is 5.75. The molecule has 0 saturated carbocycles. The standard InChI is InChI=1S/C16H24N2O/c1-3-11(2)15(17)16(19)18-14-10-6-8-12-7-4-5-9-13(12)14/h6,8,10-11,15H,3-5,7,9,17H2,1-2H3,(H,18,19). The quantitative estimate of drug-likeness (QED) is 0.874. The molecular weight excluding hydrogens is 236 g/mol. The molecule has 2 rings (SSSR count). The maximum Gasteiger partial charge on any atom is 0.241 e. The first-order valence-electron chi connectivity index (χ1n) is 7.30. The number of carbonyl (C=O) groups excluding carboxylic acids is 1. The first kappa shape index (κ1) is 14.1. The van der Waals surface area contributed by atoms with Gasteiger partial charge in [-0.05, 0) is 48.8 Å². The van der Waals surface area contributed by atoms with Crippen LogP contribution in [-0.2, 0) is 17.6 Å². The molecule has 2 atom stereocenters. The summed E-state index contributed by atoms with van der Waals surface area (Å²) in [6.45, 7) is 4.08. The Bertz CT molecular complexity index is 456. The smallest absolute Gasteiger partial charge is 0.241 e. The van der Waals surface area contributed by atoms with Crippen LogP contribution in [0.2, 0.25) is 0 Å². The Morgan fingerprint density at radius 1 is 1.37 bits per heavy atom. The molecule has 0 aromatic heterocycles. The first-order valence-corrected chi connectivity index (χ1v) is 7.30. The van der Waals surface area contributed by atoms with Crippen LogP contribution >= 0.6 is 0 Å². The summed E-state index contributed by atoms with van der Waals surface area (Å²) in [4.78, 5) is 12.2. The summed E-state index contributed by atoms with van der Waals surface area (Å²) in [5.41, 5.74) is 9.62. The lowest BCUT2D eigenvalue weighted by Gasteiger charge is -2.22. The lowest BCUT2D eigenvalue weighted by molar-refractivity contribution is -0.118. The molecule has 3 nitrogen and oxygen atoms in total. The molecule has 0 aliphatic heterocycles. The van der Waals surface area contributed by atoms with Gasteiger partial charge in [-0.2, -0.15) is 0 Å². The molecule has 0 bridgehead atoms. The lowest BCUT2D eigenvalue weighted by Crippen LogP contribution is -2.40. The van der Waals surface area contributed by atoms with E-state index in [-0.39, 0.29) is 11.8 Å². The number of anilines is 1. The van der Waals surface area contributed by atoms with Gasteiger partial charge in [0.25, 0.3) is 0 Å². The summed E-state index contributed by atoms with van der Waals surface area (Å²) in [6.07, 6.45) is 5.55. The molecule has 0 fully saturated rings. The maximum atomic E-state index is 12.2. The number of hydrogen-bond donors (Lipinski definition) is 2. The van der Waals surface area contributed by atoms with Gasteiger partial charge in [0.1, 0.15) is 0 Å². The minimum Gasteiger partial charge on any atom is -0.324 e. The second-order valence-corrected chi connectivity index (χ2v) is 5.55. The van der Waals surface area contributed by atoms with E-state index in [4.69, 9.17) is 5.73 Å². The largest absolute Gasteiger partial charge is 0.324 e. The highest BCUT2D eigenvalue weighted by Crippen LogP contribution is 2.28. The third kappa shape index (κ3) is 3.16. The van der Waals surface area contributed by atoms with E-state index >= 15 is 0 Å². The number of nitrogens with two attached hydrogens (primary N) is 1. The zero-order chi connectivity index (χ0) is 13.8. The fourth-order valence-electron chi connectivity index (χ4n) is 2.63. The van der Waals surface area contributed by atoms with Crippen LogP contribution in [0.3, 0.4) is 0 Å². The van der Waals surface area contributed by atoms with Crippen molar-refractivity contribution in [2.75, 3.05) is 5.32 Å². The van der Waals surface area contributed by atoms with Gasteiger partial charge in [0.2, 0.25) is 5.91 Å². The molecule has 3 N–H and O–H groups in total. The Hall–Kier alpha value is -1.35. The molecule has 104 valence electrons. The van der Waals surface area contributed by atoms with Gasteiger partial charge in [0, 0.05) is 5.69 Å². The van der Waals surface area contributed by atoms with Gasteiger partial charge in [-0.1, -0.05) is 32.4 Å². The highest BCUT2D eigenvalue weighted by Gasteiger charge is 2.21. The Morgan fingerprint density at radius 2 is 2.11 bits per heavy atom. The van der Waals surface area contributed by atoms with Crippen molar-refractivity contribution in [3.05, 3.63) is 29.3 Å². The number of benzene rings is 1. The fraction of sp³-hybridized carbons (Fsp3) is 0.562. The predicted molar refractivity (Wildman–Crippen MR) is 79.1 cm³/mol. The summed E-state index contributed by atoms with van der Waals surface area (Å²) in [5.74, 6) is 0.146. The Morgan fingerprint density at radius 3 is 2.84 bits per heavy atom. The molecule has 1 amide bonds. The van der Waals surface area contributed by atoms with Gasteiger partial charge in [0.05, 0.1) is 6.04 Å². The van der Waals surface area contributed by atoms with Gasteiger partial charge in [-0.3, -0.25) is 4.79 Å². The highest BCUT2D eigenvalue weighted by molar-refractivity contribution is 5.95. The van der Waals surface area contributed by atoms with E-state index in [0.717, 1.165) is 24.9 Å². The van der Waals surface area contributed by atoms with E-state index in [1.54, 1.807) is 0 Å². The fourth-order valence-corrected chi connectivity index (χ4v) is 2.63. The number of fused-ring (bicyclic) bond motifs is 1. The van der Waals surface area contributed by atoms with E-state index < -0.39 is 6.04 Å². The molecule has 1 aliphatic rings. The number of rotatable bonds is 4. The van der Waals surface area contributed by atoms with Gasteiger partial charge < -0.3 is 11.1 Å². The zero-order valence-corrected chi connectivity index (χ0v) is 11.9. The Labute approximate surface area is 115 Å². The molecule has 3 heteroatoms. The van der Waals surface area contributed by atoms with Crippen LogP contribution in [0, 0.1) is 5.92 Å². The van der Waals surface area contributed by atoms with Crippen molar-refractivity contribution in [2.45, 2.75) is 52.0 Å². The minimum absolute atomic E-state index is 0.0617. The van der Waals surface area contributed by atoms with Crippen LogP contribution < -0.4 is 11.1 Å². The number of nitrogens with one attached hydrogen (secondary N) is 1. The molecule has 0 radical (unpaired) electrons. The van der Waals surface area contributed by atoms with Crippen molar-refractivity contribution in [3.63, 3.8) is 0 Å². The molecule has 0 saturated heterocycles. The van der Waals surface area contributed by atoms with E-state index in [1.165, 1.54) is 24.0 Å². The van der Waals surface area contributed by atoms with Gasteiger partial charge in [0.15, 0.2) is 0 Å². The van der Waals surface area contributed by atoms with Crippen LogP contribution in [0.15, 0.2) is 18.2 Å². The molecular formula is C16H24N2O. The number of amides is 1. The van der Waals surface area contributed by atoms with Crippen LogP contribution in [0.4, 0.5) is 5.69 Å². The summed E-state index contributed by atoms with van der Waals surface area (Å²) < 4.78 is 0. The molecule has 19 heavy (non-hydrogen) atoms. The van der Waals surface area contributed by atoms with Crippen LogP contribution in [0.25, 0.3) is 0 Å². The van der Waals surface area contributed by atoms with Gasteiger partial charge >= 0.3 is 0 Å². The van der Waals surface area contributed by atoms with Crippen molar-refractivity contribution in [1.29, 1.82) is 0 Å². The third-order valence-electron chi connectivity index (χ3n) is 4.21. The maximum absolute atomic E-state index is 12.2. The molecule has 0 spiro atoms. The average molecular weight is 260 g/mol. The third-order valence-corrected chi connectivity index (χ3v) is 4.21. The van der Waals surface area contributed by atoms with E-state index in [1.807, 2.05) is 19.1 Å². The van der Waals surface area contributed by atoms with Crippen LogP contribution in [0.1, 0.15) is 44.2 Å². The summed E-state index contributed by atoms with van der Waals surface area (Å²) in [7, 11) is 0. The zero-order valence-electron chi connectivity index (χ0n) is 11.9. The van der Waals surface area contributed by atoms with Crippen LogP contribution in [-0.4, -0.2) is 11.9 Å². The SMILES string of the molecule is CCC(C)C(N)C(=O)Nc1cccc2c1CCCC2. The summed E-state index contributed by atoms with van der Waals surface area (Å²) in [5, 5.41) is 3.02. The monoisotopic (exact) mass is 260 g/mol. The van der Waals surface area contributed by atoms with Crippen molar-refractivity contribution in [1.82, 2.24) is 0 Å². The predicted octanol–water partition coefficient (Wildman–Crippen LogP) is 2.88. The molecule has 1 aromatic carbocycles. The Balaban J connectivity index is 2.13. The Kier molecular flexibility index (Phi) is 4.59. The number of aryl methyl sites for hydroxylation is 1. The molecule has 2 unspecified atom stereocenters. The minimum atomic E-state index is -0.426. The average Bonchev–Trinajstić information content (AvgIpc) is 2.46. The van der Waals surface area contributed by atoms with E-state index in [9.17, 15) is 4.79 Å². The van der Waals surface area contributed by atoms with Gasteiger partial charge in [-0.15, -0.1) is 0 Å². The second-order valence-electron chi connectivity index (χ2n) is 5.55. The van der Waals surface area contributed by atoms with Crippen molar-refractivity contribution in [2.24, 2.45) is 11.7 Å². The summed E-state index contributed by atoms with van der Waals surface area (Å²) >= 11 is 0. The number of hydrogen-bond acceptors (Lipinski definition) is 2. The second kappa shape index (κ2) is 6.20. The normalized spacial score (nSPS) is 17.4. The lowest BCUT2D eigenvalue weighted by atomic mass is 9.90. The molecule has 1 aromatic rings. The van der Waals surface area contributed by atoms with E-state index in [2.05, 4.69) is 18.3 Å². The number of carbonyl (C=O) groups is 1. The van der Waals surface area contributed by atoms with Gasteiger partial charge in [-0.25, -0.2) is 0 Å². The van der Waals surface area contributed by atoms with Crippen LogP contribution in [0.5, 0.6) is 0 Å². The topological polar surface area (TPSA) is 55.1 Å². The highest BCUT2D eigenvalue weighted by atomic mass is 16.2.